The Hall–Kier alpha value is -0.720. The topological polar surface area (TPSA) is 112 Å². The maximum Gasteiger partial charge on any atom is 0.308 e. The van der Waals surface area contributed by atoms with Gasteiger partial charge >= 0.3 is 17.9 Å². The molecule has 3 N–H and O–H groups in total. The third kappa shape index (κ3) is 21.6. The molecule has 129 valence electrons. The molecule has 0 rings (SSSR count). The van der Waals surface area contributed by atoms with E-state index in [1.807, 2.05) is 0 Å². The van der Waals surface area contributed by atoms with Gasteiger partial charge in [-0.1, -0.05) is 0 Å². The van der Waals surface area contributed by atoms with E-state index in [-0.39, 0.29) is 25.8 Å². The van der Waals surface area contributed by atoms with E-state index in [0.717, 1.165) is 0 Å². The molecule has 0 aromatic carbocycles. The van der Waals surface area contributed by atoms with Crippen LogP contribution in [0.3, 0.4) is 0 Å². The molecule has 0 aliphatic carbocycles. The normalized spacial score (nSPS) is 10.8. The fraction of sp³-hybridized carbons (Fsp3) is 0.800. The fourth-order valence-corrected chi connectivity index (χ4v) is 0. The minimum atomic E-state index is -0.757. The van der Waals surface area contributed by atoms with Gasteiger partial charge in [0.25, 0.3) is 0 Å². The van der Waals surface area contributed by atoms with E-state index in [9.17, 15) is 14.4 Å². The molecule has 0 aliphatic heterocycles. The number of carbonyl (C=O) groups is 3. The maximum atomic E-state index is 10.0. The van der Waals surface area contributed by atoms with Crippen LogP contribution in [-0.2, 0) is 40.2 Å². The van der Waals surface area contributed by atoms with Crippen molar-refractivity contribution in [2.75, 3.05) is 0 Å². The van der Waals surface area contributed by atoms with Gasteiger partial charge in [0.15, 0.2) is 0 Å². The second kappa shape index (κ2) is 10.9. The van der Waals surface area contributed by atoms with Gasteiger partial charge in [-0.2, -0.15) is 0 Å². The Kier molecular flexibility index (Phi) is 14.5. The van der Waals surface area contributed by atoms with E-state index in [4.69, 9.17) is 15.3 Å². The monoisotopic (exact) mass is 351 g/mol. The Morgan fingerprint density at radius 3 is 0.545 bits per heavy atom. The zero-order chi connectivity index (χ0) is 18.2. The first-order valence-electron chi connectivity index (χ1n) is 6.53. The van der Waals surface area contributed by atoms with Crippen molar-refractivity contribution in [1.82, 2.24) is 0 Å². The number of hydrogen-bond acceptors (Lipinski definition) is 3. The summed E-state index contributed by atoms with van der Waals surface area (Å²) in [7, 11) is 0. The van der Waals surface area contributed by atoms with Crippen LogP contribution >= 0.6 is 0 Å². The van der Waals surface area contributed by atoms with Crippen LogP contribution in [0.2, 0.25) is 0 Å². The molecule has 22 heavy (non-hydrogen) atoms. The molecule has 1 radical (unpaired) electrons. The van der Waals surface area contributed by atoms with Crippen molar-refractivity contribution in [3.05, 3.63) is 0 Å². The number of hydrogen-bond donors (Lipinski definition) is 3. The molecular weight excluding hydrogens is 321 g/mol. The van der Waals surface area contributed by atoms with Crippen molar-refractivity contribution in [3.8, 4) is 0 Å². The third-order valence-corrected chi connectivity index (χ3v) is 1.92. The zero-order valence-corrected chi connectivity index (χ0v) is 16.9. The van der Waals surface area contributed by atoms with Gasteiger partial charge in [0.05, 0.1) is 16.2 Å². The minimum absolute atomic E-state index is 0. The Morgan fingerprint density at radius 2 is 0.545 bits per heavy atom. The third-order valence-electron chi connectivity index (χ3n) is 1.92. The van der Waals surface area contributed by atoms with E-state index < -0.39 is 34.2 Å². The van der Waals surface area contributed by atoms with Gasteiger partial charge in [0.1, 0.15) is 0 Å². The number of carboxylic acid groups (broad SMARTS) is 3. The number of carboxylic acids is 3. The van der Waals surface area contributed by atoms with Gasteiger partial charge in [-0.15, -0.1) is 0 Å². The van der Waals surface area contributed by atoms with Crippen molar-refractivity contribution in [1.29, 1.82) is 0 Å². The van der Waals surface area contributed by atoms with Crippen LogP contribution in [0.5, 0.6) is 0 Å². The number of aliphatic carboxylic acids is 3. The van der Waals surface area contributed by atoms with Crippen LogP contribution in [0, 0.1) is 16.2 Å². The molecule has 0 spiro atoms. The summed E-state index contributed by atoms with van der Waals surface area (Å²) in [5.74, 6) is -2.27. The molecule has 7 heteroatoms. The first-order chi connectivity index (χ1) is 8.83. The standard InChI is InChI=1S/3C5H10O2.Sc/c3*1-5(2,3)4(6)7;/h3*1-3H3,(H,6,7);. The summed E-state index contributed by atoms with van der Waals surface area (Å²) >= 11 is 0. The van der Waals surface area contributed by atoms with Crippen LogP contribution in [0.25, 0.3) is 0 Å². The van der Waals surface area contributed by atoms with E-state index in [2.05, 4.69) is 0 Å². The van der Waals surface area contributed by atoms with Crippen LogP contribution in [0.15, 0.2) is 0 Å². The van der Waals surface area contributed by atoms with Crippen molar-refractivity contribution >= 4 is 17.9 Å². The smallest absolute Gasteiger partial charge is 0.308 e. The number of rotatable bonds is 0. The Bertz CT molecular complexity index is 299. The van der Waals surface area contributed by atoms with Crippen LogP contribution in [0.1, 0.15) is 62.3 Å². The summed E-state index contributed by atoms with van der Waals surface area (Å²) in [4.78, 5) is 30.1. The molecule has 0 saturated heterocycles. The van der Waals surface area contributed by atoms with Crippen molar-refractivity contribution in [2.24, 2.45) is 16.2 Å². The van der Waals surface area contributed by atoms with Gasteiger partial charge in [-0.25, -0.2) is 0 Å². The van der Waals surface area contributed by atoms with E-state index >= 15 is 0 Å². The van der Waals surface area contributed by atoms with Crippen molar-refractivity contribution < 1.29 is 55.5 Å². The van der Waals surface area contributed by atoms with Crippen LogP contribution < -0.4 is 0 Å². The van der Waals surface area contributed by atoms with Crippen molar-refractivity contribution in [2.45, 2.75) is 62.3 Å². The molecule has 0 aliphatic rings. The molecule has 0 bridgehead atoms. The fourth-order valence-electron chi connectivity index (χ4n) is 0. The summed E-state index contributed by atoms with van der Waals surface area (Å²) in [5, 5.41) is 24.8. The van der Waals surface area contributed by atoms with Crippen molar-refractivity contribution in [3.63, 3.8) is 0 Å². The maximum absolute atomic E-state index is 10.0. The average Bonchev–Trinajstić information content (AvgIpc) is 2.14. The van der Waals surface area contributed by atoms with Crippen LogP contribution in [-0.4, -0.2) is 33.2 Å². The van der Waals surface area contributed by atoms with Gasteiger partial charge in [-0.3, -0.25) is 14.4 Å². The summed E-state index contributed by atoms with van der Waals surface area (Å²) in [6, 6.07) is 0. The van der Waals surface area contributed by atoms with Gasteiger partial charge in [0.2, 0.25) is 0 Å². The van der Waals surface area contributed by atoms with Gasteiger partial charge < -0.3 is 15.3 Å². The first kappa shape index (κ1) is 29.3. The molecule has 0 aromatic rings. The minimum Gasteiger partial charge on any atom is -0.481 e. The van der Waals surface area contributed by atoms with Gasteiger partial charge in [0, 0.05) is 25.8 Å². The predicted octanol–water partition coefficient (Wildman–Crippen LogP) is 3.35. The van der Waals surface area contributed by atoms with E-state index in [1.54, 1.807) is 62.3 Å². The molecule has 0 atom stereocenters. The summed E-state index contributed by atoms with van der Waals surface area (Å²) < 4.78 is 0. The second-order valence-electron chi connectivity index (χ2n) is 7.67. The Morgan fingerprint density at radius 1 is 0.500 bits per heavy atom. The quantitative estimate of drug-likeness (QED) is 0.617. The van der Waals surface area contributed by atoms with Crippen LogP contribution in [0.4, 0.5) is 0 Å². The van der Waals surface area contributed by atoms with E-state index in [1.165, 1.54) is 0 Å². The molecule has 0 heterocycles. The average molecular weight is 351 g/mol. The predicted molar refractivity (Wildman–Crippen MR) is 81.3 cm³/mol. The Balaban J connectivity index is -0.000000108. The molecule has 0 amide bonds. The molecule has 0 unspecified atom stereocenters. The first-order valence-corrected chi connectivity index (χ1v) is 6.53. The zero-order valence-electron chi connectivity index (χ0n) is 15.1. The molecule has 0 saturated carbocycles. The molecular formula is C15H30O6Sc. The summed E-state index contributed by atoms with van der Waals surface area (Å²) in [6.45, 7) is 15.0. The molecule has 0 aromatic heterocycles. The van der Waals surface area contributed by atoms with Gasteiger partial charge in [-0.05, 0) is 62.3 Å². The SMILES string of the molecule is CC(C)(C)C(=O)O.CC(C)(C)C(=O)O.CC(C)(C)C(=O)O.[Sc]. The van der Waals surface area contributed by atoms with E-state index in [0.29, 0.717) is 0 Å². The summed E-state index contributed by atoms with van der Waals surface area (Å²) in [5.41, 5.74) is -1.75. The second-order valence-corrected chi connectivity index (χ2v) is 7.67. The molecule has 6 nitrogen and oxygen atoms in total. The molecule has 0 fully saturated rings. The Labute approximate surface area is 152 Å². The largest absolute Gasteiger partial charge is 0.481 e. The summed E-state index contributed by atoms with van der Waals surface area (Å²) in [6.07, 6.45) is 0.